The maximum Gasteiger partial charge on any atom is 0.343 e. The van der Waals surface area contributed by atoms with E-state index in [-0.39, 0.29) is 29.1 Å². The number of hydrogen-bond acceptors (Lipinski definition) is 6. The Labute approximate surface area is 199 Å². The number of aromatic hydroxyl groups is 1. The monoisotopic (exact) mass is 468 g/mol. The second-order valence-electron chi connectivity index (χ2n) is 9.52. The molecule has 3 aliphatic rings. The van der Waals surface area contributed by atoms with Crippen LogP contribution in [0, 0.1) is 12.8 Å². The summed E-state index contributed by atoms with van der Waals surface area (Å²) in [6, 6.07) is 1.58. The van der Waals surface area contributed by atoms with Gasteiger partial charge in [-0.15, -0.1) is 0 Å². The summed E-state index contributed by atoms with van der Waals surface area (Å²) in [7, 11) is 0. The number of phenols is 1. The molecule has 0 radical (unpaired) electrons. The van der Waals surface area contributed by atoms with Gasteiger partial charge in [0, 0.05) is 17.5 Å². The summed E-state index contributed by atoms with van der Waals surface area (Å²) < 4.78 is 18.8. The average molecular weight is 469 g/mol. The van der Waals surface area contributed by atoms with Crippen molar-refractivity contribution in [2.45, 2.75) is 77.8 Å². The van der Waals surface area contributed by atoms with Crippen LogP contribution in [0.1, 0.15) is 69.8 Å². The van der Waals surface area contributed by atoms with Crippen molar-refractivity contribution < 1.29 is 34.0 Å². The van der Waals surface area contributed by atoms with E-state index in [0.717, 1.165) is 23.1 Å². The van der Waals surface area contributed by atoms with Crippen LogP contribution in [-0.4, -0.2) is 39.8 Å². The Morgan fingerprint density at radius 2 is 1.88 bits per heavy atom. The second-order valence-corrected chi connectivity index (χ2v) is 9.52. The Hall–Kier alpha value is -3.06. The molecule has 0 fully saturated rings. The van der Waals surface area contributed by atoms with Crippen molar-refractivity contribution >= 4 is 11.8 Å². The van der Waals surface area contributed by atoms with Crippen LogP contribution in [0.15, 0.2) is 41.7 Å². The molecule has 7 nitrogen and oxygen atoms in total. The minimum atomic E-state index is -1.44. The summed E-state index contributed by atoms with van der Waals surface area (Å²) >= 11 is 0. The van der Waals surface area contributed by atoms with Crippen LogP contribution in [0.3, 0.4) is 0 Å². The number of carboxylic acids is 1. The van der Waals surface area contributed by atoms with E-state index in [4.69, 9.17) is 14.2 Å². The number of allylic oxidation sites excluding steroid dienone is 3. The van der Waals surface area contributed by atoms with Crippen LogP contribution >= 0.6 is 0 Å². The van der Waals surface area contributed by atoms with Crippen LogP contribution in [-0.2, 0) is 19.1 Å². The molecule has 6 atom stereocenters. The van der Waals surface area contributed by atoms with Gasteiger partial charge in [0.2, 0.25) is 5.78 Å². The molecule has 4 rings (SSSR count). The van der Waals surface area contributed by atoms with Crippen molar-refractivity contribution in [3.8, 4) is 11.5 Å². The van der Waals surface area contributed by atoms with Gasteiger partial charge in [-0.25, -0.2) is 4.79 Å². The van der Waals surface area contributed by atoms with E-state index in [9.17, 15) is 19.8 Å². The van der Waals surface area contributed by atoms with Gasteiger partial charge in [0.1, 0.15) is 35.0 Å². The predicted octanol–water partition coefficient (Wildman–Crippen LogP) is 4.88. The summed E-state index contributed by atoms with van der Waals surface area (Å²) in [5, 5.41) is 20.5. The standard InChI is InChI=1S/C27H32O7/c1-7-8-9-10-11-27(6)25(29)22(26(30)31)24(34-27)20-16(5)32-18-12-17(28)14(3)19-13(2)15(4)33-23(20)21(18)19/h8-13,15-16,20,23,28H,7H2,1-6H3,(H,30,31). The van der Waals surface area contributed by atoms with Gasteiger partial charge in [-0.1, -0.05) is 32.1 Å². The van der Waals surface area contributed by atoms with Crippen molar-refractivity contribution in [1.82, 2.24) is 0 Å². The number of Topliss-reactive ketones (excluding diaryl/α,β-unsaturated/α-hetero) is 1. The van der Waals surface area contributed by atoms with E-state index in [0.29, 0.717) is 5.75 Å². The van der Waals surface area contributed by atoms with E-state index in [2.05, 4.69) is 0 Å². The van der Waals surface area contributed by atoms with Crippen molar-refractivity contribution in [1.29, 1.82) is 0 Å². The molecule has 3 heterocycles. The number of carbonyl (C=O) groups excluding carboxylic acids is 1. The van der Waals surface area contributed by atoms with Gasteiger partial charge in [-0.2, -0.15) is 0 Å². The predicted molar refractivity (Wildman–Crippen MR) is 126 cm³/mol. The zero-order chi connectivity index (χ0) is 24.9. The van der Waals surface area contributed by atoms with Crippen LogP contribution in [0.25, 0.3) is 0 Å². The molecule has 3 aliphatic heterocycles. The van der Waals surface area contributed by atoms with Crippen LogP contribution in [0.5, 0.6) is 11.5 Å². The van der Waals surface area contributed by atoms with E-state index in [1.165, 1.54) is 0 Å². The highest BCUT2D eigenvalue weighted by molar-refractivity contribution is 6.22. The zero-order valence-corrected chi connectivity index (χ0v) is 20.4. The number of aliphatic carboxylic acids is 1. The van der Waals surface area contributed by atoms with E-state index in [1.54, 1.807) is 38.1 Å². The number of ether oxygens (including phenoxy) is 3. The molecule has 7 heteroatoms. The summed E-state index contributed by atoms with van der Waals surface area (Å²) in [5.74, 6) is -1.86. The van der Waals surface area contributed by atoms with Crippen LogP contribution < -0.4 is 4.74 Å². The van der Waals surface area contributed by atoms with Gasteiger partial charge in [0.05, 0.1) is 12.0 Å². The lowest BCUT2D eigenvalue weighted by atomic mass is 9.76. The third-order valence-electron chi connectivity index (χ3n) is 7.22. The minimum Gasteiger partial charge on any atom is -0.508 e. The Balaban J connectivity index is 1.85. The van der Waals surface area contributed by atoms with Crippen molar-refractivity contribution in [2.24, 2.45) is 5.92 Å². The molecule has 2 N–H and O–H groups in total. The first-order valence-electron chi connectivity index (χ1n) is 11.8. The normalized spacial score (nSPS) is 32.8. The number of ketones is 1. The smallest absolute Gasteiger partial charge is 0.343 e. The number of phenolic OH excluding ortho intramolecular Hbond substituents is 1. The highest BCUT2D eigenvalue weighted by Crippen LogP contribution is 2.55. The number of hydrogen-bond donors (Lipinski definition) is 2. The van der Waals surface area contributed by atoms with Crippen molar-refractivity contribution in [3.63, 3.8) is 0 Å². The number of carbonyl (C=O) groups is 2. The Morgan fingerprint density at radius 3 is 2.53 bits per heavy atom. The van der Waals surface area contributed by atoms with Gasteiger partial charge in [-0.05, 0) is 51.3 Å². The molecule has 182 valence electrons. The highest BCUT2D eigenvalue weighted by atomic mass is 16.5. The molecule has 0 aliphatic carbocycles. The molecular weight excluding hydrogens is 436 g/mol. The van der Waals surface area contributed by atoms with Gasteiger partial charge < -0.3 is 24.4 Å². The topological polar surface area (TPSA) is 102 Å². The molecule has 1 aromatic rings. The summed E-state index contributed by atoms with van der Waals surface area (Å²) in [5.41, 5.74) is 0.650. The van der Waals surface area contributed by atoms with Gasteiger partial charge >= 0.3 is 5.97 Å². The van der Waals surface area contributed by atoms with E-state index in [1.807, 2.05) is 33.8 Å². The summed E-state index contributed by atoms with van der Waals surface area (Å²) in [6.07, 6.45) is 6.51. The largest absolute Gasteiger partial charge is 0.508 e. The molecule has 0 spiro atoms. The van der Waals surface area contributed by atoms with Gasteiger partial charge in [0.25, 0.3) is 0 Å². The molecule has 0 aromatic heterocycles. The van der Waals surface area contributed by atoms with Crippen LogP contribution in [0.4, 0.5) is 0 Å². The highest BCUT2D eigenvalue weighted by Gasteiger charge is 2.55. The maximum atomic E-state index is 13.3. The average Bonchev–Trinajstić information content (AvgIpc) is 3.02. The Morgan fingerprint density at radius 1 is 1.18 bits per heavy atom. The maximum absolute atomic E-state index is 13.3. The molecule has 6 unspecified atom stereocenters. The number of carboxylic acid groups (broad SMARTS) is 1. The summed E-state index contributed by atoms with van der Waals surface area (Å²) in [6.45, 7) is 11.2. The second kappa shape index (κ2) is 8.62. The fourth-order valence-corrected chi connectivity index (χ4v) is 5.23. The molecule has 0 saturated heterocycles. The lowest BCUT2D eigenvalue weighted by Crippen LogP contribution is -2.43. The first-order valence-corrected chi connectivity index (χ1v) is 11.8. The van der Waals surface area contributed by atoms with Crippen LogP contribution in [0.2, 0.25) is 0 Å². The van der Waals surface area contributed by atoms with E-state index < -0.39 is 35.5 Å². The number of rotatable bonds is 5. The third kappa shape index (κ3) is 3.63. The minimum absolute atomic E-state index is 0.00707. The van der Waals surface area contributed by atoms with Crippen molar-refractivity contribution in [2.75, 3.05) is 0 Å². The third-order valence-corrected chi connectivity index (χ3v) is 7.22. The fourth-order valence-electron chi connectivity index (χ4n) is 5.23. The molecule has 0 saturated carbocycles. The first kappa shape index (κ1) is 24.1. The van der Waals surface area contributed by atoms with E-state index >= 15 is 0 Å². The molecule has 0 bridgehead atoms. The quantitative estimate of drug-likeness (QED) is 0.469. The Kier molecular flexibility index (Phi) is 6.10. The number of benzene rings is 1. The lowest BCUT2D eigenvalue weighted by molar-refractivity contribution is -0.135. The van der Waals surface area contributed by atoms with Crippen molar-refractivity contribution in [3.05, 3.63) is 58.4 Å². The fraction of sp³-hybridized carbons (Fsp3) is 0.481. The van der Waals surface area contributed by atoms with Gasteiger partial charge in [-0.3, -0.25) is 4.79 Å². The zero-order valence-electron chi connectivity index (χ0n) is 20.4. The summed E-state index contributed by atoms with van der Waals surface area (Å²) in [4.78, 5) is 25.5. The van der Waals surface area contributed by atoms with Gasteiger partial charge in [0.15, 0.2) is 5.60 Å². The molecule has 34 heavy (non-hydrogen) atoms. The lowest BCUT2D eigenvalue weighted by Gasteiger charge is -2.46. The molecule has 1 aromatic carbocycles. The molecule has 0 amide bonds. The SMILES string of the molecule is CCC=CC=CC1(C)OC(C2C(C)Oc3cc(O)c(C)c4c3C2OC(C)C4C)=C(C(=O)O)C1=O. The first-order chi connectivity index (χ1) is 16.0. The Bertz CT molecular complexity index is 1130. The molecular formula is C27H32O7.